The van der Waals surface area contributed by atoms with Gasteiger partial charge in [-0.3, -0.25) is 4.79 Å². The molecule has 4 bridgehead atoms. The van der Waals surface area contributed by atoms with Crippen LogP contribution in [-0.4, -0.2) is 24.0 Å². The van der Waals surface area contributed by atoms with Gasteiger partial charge >= 0.3 is 0 Å². The molecule has 2 N–H and O–H groups in total. The van der Waals surface area contributed by atoms with E-state index in [0.29, 0.717) is 30.0 Å². The van der Waals surface area contributed by atoms with Crippen molar-refractivity contribution < 1.29 is 4.79 Å². The number of hydrogen-bond acceptors (Lipinski definition) is 2. The summed E-state index contributed by atoms with van der Waals surface area (Å²) in [5, 5.41) is 7.05. The van der Waals surface area contributed by atoms with Crippen LogP contribution >= 0.6 is 0 Å². The molecule has 2 saturated heterocycles. The summed E-state index contributed by atoms with van der Waals surface area (Å²) in [5.41, 5.74) is 0. The fraction of sp³-hybridized carbons (Fsp3) is 0.938. The SMILES string of the molecule is O=C(NC1CC2CCC(C1)N2)C1C2C3CCC(C3)C12. The second-order valence-corrected chi connectivity index (χ2v) is 7.83. The summed E-state index contributed by atoms with van der Waals surface area (Å²) in [7, 11) is 0. The summed E-state index contributed by atoms with van der Waals surface area (Å²) >= 11 is 0. The Hall–Kier alpha value is -0.570. The Bertz CT molecular complexity index is 395. The first-order chi connectivity index (χ1) is 9.29. The molecule has 0 spiro atoms. The van der Waals surface area contributed by atoms with E-state index in [9.17, 15) is 4.79 Å². The molecule has 5 aliphatic rings. The van der Waals surface area contributed by atoms with Crippen molar-refractivity contribution in [1.82, 2.24) is 10.6 Å². The summed E-state index contributed by atoms with van der Waals surface area (Å²) in [4.78, 5) is 12.5. The van der Waals surface area contributed by atoms with Crippen LogP contribution in [0.5, 0.6) is 0 Å². The van der Waals surface area contributed by atoms with E-state index in [1.54, 1.807) is 0 Å². The third-order valence-corrected chi connectivity index (χ3v) is 6.86. The number of amides is 1. The third-order valence-electron chi connectivity index (χ3n) is 6.86. The smallest absolute Gasteiger partial charge is 0.223 e. The first-order valence-electron chi connectivity index (χ1n) is 8.36. The first-order valence-corrected chi connectivity index (χ1v) is 8.36. The molecule has 3 aliphatic carbocycles. The Kier molecular flexibility index (Phi) is 2.20. The molecule has 3 nitrogen and oxygen atoms in total. The van der Waals surface area contributed by atoms with Crippen molar-refractivity contribution in [1.29, 1.82) is 0 Å². The zero-order valence-corrected chi connectivity index (χ0v) is 11.5. The minimum absolute atomic E-state index is 0.415. The largest absolute Gasteiger partial charge is 0.353 e. The van der Waals surface area contributed by atoms with Crippen LogP contribution in [0, 0.1) is 29.6 Å². The van der Waals surface area contributed by atoms with Gasteiger partial charge in [0.1, 0.15) is 0 Å². The van der Waals surface area contributed by atoms with Crippen LogP contribution in [0.25, 0.3) is 0 Å². The monoisotopic (exact) mass is 260 g/mol. The van der Waals surface area contributed by atoms with E-state index in [1.165, 1.54) is 32.1 Å². The van der Waals surface area contributed by atoms with E-state index in [1.807, 2.05) is 0 Å². The van der Waals surface area contributed by atoms with Crippen LogP contribution in [0.2, 0.25) is 0 Å². The number of hydrogen-bond donors (Lipinski definition) is 2. The lowest BCUT2D eigenvalue weighted by atomic mass is 9.98. The van der Waals surface area contributed by atoms with E-state index in [4.69, 9.17) is 0 Å². The molecular weight excluding hydrogens is 236 g/mol. The van der Waals surface area contributed by atoms with Gasteiger partial charge in [-0.25, -0.2) is 0 Å². The summed E-state index contributed by atoms with van der Waals surface area (Å²) in [6.45, 7) is 0. The molecule has 2 aliphatic heterocycles. The molecule has 1 amide bonds. The molecule has 3 heteroatoms. The van der Waals surface area contributed by atoms with Gasteiger partial charge in [-0.05, 0) is 68.6 Å². The highest BCUT2D eigenvalue weighted by Gasteiger charge is 2.67. The lowest BCUT2D eigenvalue weighted by molar-refractivity contribution is -0.124. The van der Waals surface area contributed by atoms with Gasteiger partial charge in [-0.2, -0.15) is 0 Å². The minimum Gasteiger partial charge on any atom is -0.353 e. The highest BCUT2D eigenvalue weighted by molar-refractivity contribution is 5.83. The molecule has 6 atom stereocenters. The van der Waals surface area contributed by atoms with E-state index < -0.39 is 0 Å². The van der Waals surface area contributed by atoms with Crippen molar-refractivity contribution in [2.75, 3.05) is 0 Å². The summed E-state index contributed by atoms with van der Waals surface area (Å²) < 4.78 is 0. The average Bonchev–Trinajstić information content (AvgIpc) is 2.68. The summed E-state index contributed by atoms with van der Waals surface area (Å²) in [5.74, 6) is 4.23. The van der Waals surface area contributed by atoms with Crippen LogP contribution in [0.3, 0.4) is 0 Å². The Morgan fingerprint density at radius 2 is 1.53 bits per heavy atom. The van der Waals surface area contributed by atoms with Crippen molar-refractivity contribution in [3.63, 3.8) is 0 Å². The van der Waals surface area contributed by atoms with E-state index in [-0.39, 0.29) is 0 Å². The minimum atomic E-state index is 0.415. The number of carbonyl (C=O) groups is 1. The first kappa shape index (κ1) is 11.1. The van der Waals surface area contributed by atoms with Gasteiger partial charge in [0.25, 0.3) is 0 Å². The number of piperidine rings is 1. The van der Waals surface area contributed by atoms with Gasteiger partial charge in [-0.15, -0.1) is 0 Å². The van der Waals surface area contributed by atoms with Crippen LogP contribution in [0.1, 0.15) is 44.9 Å². The maximum Gasteiger partial charge on any atom is 0.223 e. The summed E-state index contributed by atoms with van der Waals surface area (Å²) in [6, 6.07) is 1.82. The maximum absolute atomic E-state index is 12.5. The van der Waals surface area contributed by atoms with Crippen LogP contribution in [0.15, 0.2) is 0 Å². The van der Waals surface area contributed by atoms with E-state index in [0.717, 1.165) is 36.5 Å². The number of nitrogens with one attached hydrogen (secondary N) is 2. The number of rotatable bonds is 2. The quantitative estimate of drug-likeness (QED) is 0.793. The van der Waals surface area contributed by atoms with Crippen molar-refractivity contribution in [2.24, 2.45) is 29.6 Å². The van der Waals surface area contributed by atoms with Crippen LogP contribution in [0.4, 0.5) is 0 Å². The standard InChI is InChI=1S/C16H24N2O/c19-16(15-13-8-1-2-9(5-8)14(13)15)18-12-6-10-3-4-11(7-12)17-10/h8-15,17H,1-7H2,(H,18,19). The Morgan fingerprint density at radius 1 is 0.895 bits per heavy atom. The molecule has 5 fully saturated rings. The van der Waals surface area contributed by atoms with Gasteiger partial charge in [-0.1, -0.05) is 0 Å². The lowest BCUT2D eigenvalue weighted by Crippen LogP contribution is -2.48. The second-order valence-electron chi connectivity index (χ2n) is 7.83. The fourth-order valence-corrected chi connectivity index (χ4v) is 6.15. The lowest BCUT2D eigenvalue weighted by Gasteiger charge is -2.30. The molecule has 3 saturated carbocycles. The zero-order valence-electron chi connectivity index (χ0n) is 11.5. The number of fused-ring (bicyclic) bond motifs is 7. The van der Waals surface area contributed by atoms with Crippen LogP contribution in [-0.2, 0) is 4.79 Å². The predicted octanol–water partition coefficient (Wildman–Crippen LogP) is 1.68. The van der Waals surface area contributed by atoms with Crippen LogP contribution < -0.4 is 10.6 Å². The normalized spacial score (nSPS) is 57.1. The van der Waals surface area contributed by atoms with Crippen molar-refractivity contribution in [3.05, 3.63) is 0 Å². The van der Waals surface area contributed by atoms with E-state index >= 15 is 0 Å². The highest BCUT2D eigenvalue weighted by Crippen LogP contribution is 2.69. The van der Waals surface area contributed by atoms with Gasteiger partial charge in [0.05, 0.1) is 0 Å². The molecule has 5 rings (SSSR count). The van der Waals surface area contributed by atoms with Gasteiger partial charge in [0.2, 0.25) is 5.91 Å². The van der Waals surface area contributed by atoms with Gasteiger partial charge in [0, 0.05) is 24.0 Å². The molecule has 19 heavy (non-hydrogen) atoms. The van der Waals surface area contributed by atoms with Crippen molar-refractivity contribution in [3.8, 4) is 0 Å². The maximum atomic E-state index is 12.5. The van der Waals surface area contributed by atoms with Crippen molar-refractivity contribution in [2.45, 2.75) is 63.1 Å². The molecule has 0 aromatic rings. The molecule has 104 valence electrons. The molecule has 0 radical (unpaired) electrons. The van der Waals surface area contributed by atoms with Crippen molar-refractivity contribution >= 4 is 5.91 Å². The molecule has 0 aromatic carbocycles. The predicted molar refractivity (Wildman–Crippen MR) is 72.4 cm³/mol. The fourth-order valence-electron chi connectivity index (χ4n) is 6.15. The molecule has 6 unspecified atom stereocenters. The Labute approximate surface area is 114 Å². The number of carbonyl (C=O) groups excluding carboxylic acids is 1. The highest BCUT2D eigenvalue weighted by atomic mass is 16.2. The topological polar surface area (TPSA) is 41.1 Å². The summed E-state index contributed by atoms with van der Waals surface area (Å²) in [6.07, 6.45) is 9.22. The molecular formula is C16H24N2O. The molecule has 0 aromatic heterocycles. The molecule has 2 heterocycles. The Morgan fingerprint density at radius 3 is 2.16 bits per heavy atom. The van der Waals surface area contributed by atoms with Gasteiger partial charge < -0.3 is 10.6 Å². The second kappa shape index (κ2) is 3.75. The average molecular weight is 260 g/mol. The zero-order chi connectivity index (χ0) is 12.6. The third kappa shape index (κ3) is 1.57. The van der Waals surface area contributed by atoms with Gasteiger partial charge in [0.15, 0.2) is 0 Å². The van der Waals surface area contributed by atoms with E-state index in [2.05, 4.69) is 10.6 Å². The Balaban J connectivity index is 1.23.